The number of fused-ring (bicyclic) bond motifs is 1. The van der Waals surface area contributed by atoms with Crippen LogP contribution >= 0.6 is 11.3 Å². The van der Waals surface area contributed by atoms with Crippen molar-refractivity contribution in [2.75, 3.05) is 0 Å². The van der Waals surface area contributed by atoms with Crippen molar-refractivity contribution in [2.24, 2.45) is 5.73 Å². The highest BCUT2D eigenvalue weighted by atomic mass is 32.1. The molecule has 1 aromatic heterocycles. The van der Waals surface area contributed by atoms with Gasteiger partial charge in [-0.3, -0.25) is 0 Å². The van der Waals surface area contributed by atoms with Crippen molar-refractivity contribution in [3.05, 3.63) is 57.3 Å². The van der Waals surface area contributed by atoms with E-state index >= 15 is 0 Å². The highest BCUT2D eigenvalue weighted by molar-refractivity contribution is 7.11. The van der Waals surface area contributed by atoms with Crippen LogP contribution in [0.25, 0.3) is 11.3 Å². The Labute approximate surface area is 116 Å². The number of nitrogens with zero attached hydrogens (tertiary/aromatic N) is 1. The van der Waals surface area contributed by atoms with Gasteiger partial charge in [-0.05, 0) is 53.5 Å². The Morgan fingerprint density at radius 1 is 1.21 bits per heavy atom. The molecule has 0 radical (unpaired) electrons. The number of thiophene rings is 1. The van der Waals surface area contributed by atoms with Crippen LogP contribution in [0.4, 0.5) is 0 Å². The molecule has 1 aliphatic rings. The second-order valence-corrected chi connectivity index (χ2v) is 5.66. The van der Waals surface area contributed by atoms with Crippen LogP contribution < -0.4 is 5.73 Å². The summed E-state index contributed by atoms with van der Waals surface area (Å²) in [5.41, 5.74) is 11.1. The first kappa shape index (κ1) is 12.0. The van der Waals surface area contributed by atoms with E-state index in [2.05, 4.69) is 18.2 Å². The van der Waals surface area contributed by atoms with E-state index in [1.165, 1.54) is 17.5 Å². The van der Waals surface area contributed by atoms with Gasteiger partial charge in [0.1, 0.15) is 6.07 Å². The molecule has 0 atom stereocenters. The predicted octanol–water partition coefficient (Wildman–Crippen LogP) is 3.59. The van der Waals surface area contributed by atoms with Gasteiger partial charge in [-0.1, -0.05) is 18.2 Å². The highest BCUT2D eigenvalue weighted by Crippen LogP contribution is 2.29. The van der Waals surface area contributed by atoms with E-state index in [1.807, 2.05) is 23.6 Å². The van der Waals surface area contributed by atoms with Crippen LogP contribution in [-0.4, -0.2) is 0 Å². The summed E-state index contributed by atoms with van der Waals surface area (Å²) >= 11 is 1.54. The van der Waals surface area contributed by atoms with Crippen molar-refractivity contribution < 1.29 is 0 Å². The molecule has 94 valence electrons. The SMILES string of the molecule is N#C/C(=C(/N)c1ccc2c(c1)CCC2)c1cccs1. The van der Waals surface area contributed by atoms with Gasteiger partial charge in [-0.15, -0.1) is 11.3 Å². The topological polar surface area (TPSA) is 49.8 Å². The van der Waals surface area contributed by atoms with E-state index < -0.39 is 0 Å². The van der Waals surface area contributed by atoms with Crippen molar-refractivity contribution in [1.82, 2.24) is 0 Å². The Morgan fingerprint density at radius 2 is 2.05 bits per heavy atom. The molecule has 1 aromatic carbocycles. The number of hydrogen-bond acceptors (Lipinski definition) is 3. The Kier molecular flexibility index (Phi) is 3.10. The van der Waals surface area contributed by atoms with Crippen LogP contribution in [0.1, 0.15) is 28.0 Å². The molecular weight excluding hydrogens is 252 g/mol. The summed E-state index contributed by atoms with van der Waals surface area (Å²) in [7, 11) is 0. The van der Waals surface area contributed by atoms with Crippen LogP contribution in [0, 0.1) is 11.3 Å². The summed E-state index contributed by atoms with van der Waals surface area (Å²) < 4.78 is 0. The third-order valence-corrected chi connectivity index (χ3v) is 4.45. The van der Waals surface area contributed by atoms with E-state index in [-0.39, 0.29) is 0 Å². The van der Waals surface area contributed by atoms with Gasteiger partial charge in [0, 0.05) is 4.88 Å². The van der Waals surface area contributed by atoms with Gasteiger partial charge in [0.2, 0.25) is 0 Å². The van der Waals surface area contributed by atoms with Gasteiger partial charge in [-0.25, -0.2) is 0 Å². The Bertz CT molecular complexity index is 675. The summed E-state index contributed by atoms with van der Waals surface area (Å²) in [6.45, 7) is 0. The fourth-order valence-electron chi connectivity index (χ4n) is 2.55. The molecule has 0 fully saturated rings. The standard InChI is InChI=1S/C16H14N2S/c17-10-14(15-5-2-8-19-15)16(18)13-7-6-11-3-1-4-12(11)9-13/h2,5-9H,1,3-4,18H2/b16-14-. The molecule has 0 saturated heterocycles. The van der Waals surface area contributed by atoms with E-state index in [4.69, 9.17) is 5.73 Å². The van der Waals surface area contributed by atoms with Crippen molar-refractivity contribution in [3.63, 3.8) is 0 Å². The van der Waals surface area contributed by atoms with Crippen molar-refractivity contribution in [2.45, 2.75) is 19.3 Å². The molecule has 2 N–H and O–H groups in total. The van der Waals surface area contributed by atoms with Gasteiger partial charge in [-0.2, -0.15) is 5.26 Å². The molecule has 0 amide bonds. The first-order valence-electron chi connectivity index (χ1n) is 6.35. The molecule has 1 heterocycles. The van der Waals surface area contributed by atoms with Crippen LogP contribution in [0.2, 0.25) is 0 Å². The third-order valence-electron chi connectivity index (χ3n) is 3.56. The minimum absolute atomic E-state index is 0.577. The number of hydrogen-bond donors (Lipinski definition) is 1. The maximum absolute atomic E-state index is 9.34. The fourth-order valence-corrected chi connectivity index (χ4v) is 3.29. The van der Waals surface area contributed by atoms with Crippen LogP contribution in [0.3, 0.4) is 0 Å². The average molecular weight is 266 g/mol. The van der Waals surface area contributed by atoms with Crippen molar-refractivity contribution in [1.29, 1.82) is 5.26 Å². The Balaban J connectivity index is 2.08. The fraction of sp³-hybridized carbons (Fsp3) is 0.188. The van der Waals surface area contributed by atoms with E-state index in [0.29, 0.717) is 11.3 Å². The number of benzene rings is 1. The first-order valence-corrected chi connectivity index (χ1v) is 7.23. The highest BCUT2D eigenvalue weighted by Gasteiger charge is 2.14. The molecule has 0 aliphatic heterocycles. The van der Waals surface area contributed by atoms with E-state index in [1.54, 1.807) is 11.3 Å². The Morgan fingerprint density at radius 3 is 2.79 bits per heavy atom. The normalized spacial score (nSPS) is 14.7. The van der Waals surface area contributed by atoms with E-state index in [9.17, 15) is 5.26 Å². The zero-order valence-corrected chi connectivity index (χ0v) is 11.3. The molecule has 0 bridgehead atoms. The lowest BCUT2D eigenvalue weighted by atomic mass is 10.0. The Hall–Kier alpha value is -2.05. The minimum atomic E-state index is 0.577. The zero-order chi connectivity index (χ0) is 13.2. The second kappa shape index (κ2) is 4.91. The van der Waals surface area contributed by atoms with E-state index in [0.717, 1.165) is 23.3 Å². The number of nitrogens with two attached hydrogens (primary N) is 1. The predicted molar refractivity (Wildman–Crippen MR) is 79.4 cm³/mol. The molecule has 1 aliphatic carbocycles. The van der Waals surface area contributed by atoms with Crippen LogP contribution in [-0.2, 0) is 12.8 Å². The largest absolute Gasteiger partial charge is 0.397 e. The molecule has 2 aromatic rings. The van der Waals surface area contributed by atoms with Crippen molar-refractivity contribution in [3.8, 4) is 6.07 Å². The molecule has 19 heavy (non-hydrogen) atoms. The quantitative estimate of drug-likeness (QED) is 0.844. The molecule has 3 heteroatoms. The van der Waals surface area contributed by atoms with Gasteiger partial charge < -0.3 is 5.73 Å². The molecule has 0 saturated carbocycles. The number of rotatable bonds is 2. The van der Waals surface area contributed by atoms with Gasteiger partial charge >= 0.3 is 0 Å². The number of allylic oxidation sites excluding steroid dienone is 1. The number of nitriles is 1. The van der Waals surface area contributed by atoms with Gasteiger partial charge in [0.15, 0.2) is 0 Å². The van der Waals surface area contributed by atoms with Crippen LogP contribution in [0.5, 0.6) is 0 Å². The molecule has 0 spiro atoms. The summed E-state index contributed by atoms with van der Waals surface area (Å²) in [6, 6.07) is 12.4. The lowest BCUT2D eigenvalue weighted by Crippen LogP contribution is -2.01. The lowest BCUT2D eigenvalue weighted by molar-refractivity contribution is 0.911. The zero-order valence-electron chi connectivity index (χ0n) is 10.5. The smallest absolute Gasteiger partial charge is 0.103 e. The molecule has 3 rings (SSSR count). The maximum Gasteiger partial charge on any atom is 0.103 e. The molecule has 0 unspecified atom stereocenters. The van der Waals surface area contributed by atoms with Gasteiger partial charge in [0.05, 0.1) is 11.3 Å². The minimum Gasteiger partial charge on any atom is -0.397 e. The van der Waals surface area contributed by atoms with Crippen LogP contribution in [0.15, 0.2) is 35.7 Å². The third kappa shape index (κ3) is 2.16. The van der Waals surface area contributed by atoms with Crippen molar-refractivity contribution >= 4 is 22.6 Å². The summed E-state index contributed by atoms with van der Waals surface area (Å²) in [5.74, 6) is 0. The molecule has 2 nitrogen and oxygen atoms in total. The summed E-state index contributed by atoms with van der Waals surface area (Å²) in [4.78, 5) is 0.931. The lowest BCUT2D eigenvalue weighted by Gasteiger charge is -2.07. The second-order valence-electron chi connectivity index (χ2n) is 4.71. The monoisotopic (exact) mass is 266 g/mol. The summed E-state index contributed by atoms with van der Waals surface area (Å²) in [5, 5.41) is 11.3. The summed E-state index contributed by atoms with van der Waals surface area (Å²) in [6.07, 6.45) is 3.51. The average Bonchev–Trinajstić information content (AvgIpc) is 3.09. The number of aryl methyl sites for hydroxylation is 2. The maximum atomic E-state index is 9.34. The molecular formula is C16H14N2S. The van der Waals surface area contributed by atoms with Gasteiger partial charge in [0.25, 0.3) is 0 Å². The first-order chi connectivity index (χ1) is 9.29.